The van der Waals surface area contributed by atoms with Gasteiger partial charge in [-0.25, -0.2) is 12.8 Å². The summed E-state index contributed by atoms with van der Waals surface area (Å²) in [5.41, 5.74) is 2.36. The first-order valence-corrected chi connectivity index (χ1v) is 12.0. The molecule has 0 spiro atoms. The van der Waals surface area contributed by atoms with Crippen LogP contribution in [0.25, 0.3) is 0 Å². The van der Waals surface area contributed by atoms with E-state index in [-0.39, 0.29) is 5.69 Å². The molecular formula is C22H28FN3O3S. The average Bonchev–Trinajstić information content (AvgIpc) is 2.73. The number of amides is 1. The van der Waals surface area contributed by atoms with E-state index in [1.54, 1.807) is 0 Å². The van der Waals surface area contributed by atoms with Crippen LogP contribution in [0.15, 0.2) is 48.5 Å². The molecule has 1 heterocycles. The highest BCUT2D eigenvalue weighted by atomic mass is 32.2. The summed E-state index contributed by atoms with van der Waals surface area (Å²) in [5.74, 6) is -0.901. The van der Waals surface area contributed by atoms with Gasteiger partial charge in [-0.1, -0.05) is 12.1 Å². The average molecular weight is 434 g/mol. The van der Waals surface area contributed by atoms with Crippen molar-refractivity contribution in [2.45, 2.75) is 38.8 Å². The summed E-state index contributed by atoms with van der Waals surface area (Å²) in [7, 11) is -3.73. The lowest BCUT2D eigenvalue weighted by Crippen LogP contribution is -2.47. The van der Waals surface area contributed by atoms with E-state index in [4.69, 9.17) is 0 Å². The van der Waals surface area contributed by atoms with Gasteiger partial charge in [0.2, 0.25) is 15.9 Å². The molecule has 1 aliphatic rings. The smallest absolute Gasteiger partial charge is 0.243 e. The molecule has 1 atom stereocenters. The zero-order valence-electron chi connectivity index (χ0n) is 17.3. The molecule has 30 heavy (non-hydrogen) atoms. The molecule has 6 nitrogen and oxygen atoms in total. The van der Waals surface area contributed by atoms with E-state index < -0.39 is 27.8 Å². The van der Waals surface area contributed by atoms with Crippen LogP contribution in [0.3, 0.4) is 0 Å². The second kappa shape index (κ2) is 9.47. The SMILES string of the molecule is CC(C(=O)NCc1ccc(N2CCCCC2)cc1)N(c1ccc(F)cc1)S(C)(=O)=O. The van der Waals surface area contributed by atoms with Crippen molar-refractivity contribution in [2.75, 3.05) is 28.6 Å². The molecule has 0 saturated carbocycles. The monoisotopic (exact) mass is 433 g/mol. The second-order valence-corrected chi connectivity index (χ2v) is 9.50. The summed E-state index contributed by atoms with van der Waals surface area (Å²) >= 11 is 0. The molecule has 1 N–H and O–H groups in total. The number of hydrogen-bond acceptors (Lipinski definition) is 4. The van der Waals surface area contributed by atoms with Crippen LogP contribution in [0.4, 0.5) is 15.8 Å². The number of halogens is 1. The van der Waals surface area contributed by atoms with Gasteiger partial charge in [0.1, 0.15) is 11.9 Å². The van der Waals surface area contributed by atoms with Crippen molar-refractivity contribution in [3.8, 4) is 0 Å². The molecule has 1 saturated heterocycles. The van der Waals surface area contributed by atoms with Gasteiger partial charge in [-0.15, -0.1) is 0 Å². The van der Waals surface area contributed by atoms with Crippen molar-refractivity contribution in [3.05, 3.63) is 59.9 Å². The van der Waals surface area contributed by atoms with E-state index >= 15 is 0 Å². The number of carbonyl (C=O) groups is 1. The molecule has 0 aliphatic carbocycles. The van der Waals surface area contributed by atoms with Gasteiger partial charge in [0.15, 0.2) is 0 Å². The summed E-state index contributed by atoms with van der Waals surface area (Å²) < 4.78 is 38.8. The Morgan fingerprint density at radius 2 is 1.67 bits per heavy atom. The number of rotatable bonds is 7. The molecule has 2 aromatic rings. The fourth-order valence-corrected chi connectivity index (χ4v) is 4.89. The van der Waals surface area contributed by atoms with E-state index in [1.165, 1.54) is 56.1 Å². The van der Waals surface area contributed by atoms with Gasteiger partial charge < -0.3 is 10.2 Å². The second-order valence-electron chi connectivity index (χ2n) is 7.64. The van der Waals surface area contributed by atoms with Crippen molar-refractivity contribution < 1.29 is 17.6 Å². The normalized spacial score (nSPS) is 15.5. The standard InChI is InChI=1S/C22H28FN3O3S/c1-17(26(30(2,28)29)21-12-8-19(23)9-13-21)22(27)24-16-18-6-10-20(11-7-18)25-14-4-3-5-15-25/h6-13,17H,3-5,14-16H2,1-2H3,(H,24,27). The topological polar surface area (TPSA) is 69.7 Å². The van der Waals surface area contributed by atoms with Crippen molar-refractivity contribution in [3.63, 3.8) is 0 Å². The Kier molecular flexibility index (Phi) is 6.97. The molecule has 2 aromatic carbocycles. The lowest BCUT2D eigenvalue weighted by molar-refractivity contribution is -0.122. The van der Waals surface area contributed by atoms with Crippen LogP contribution in [0.5, 0.6) is 0 Å². The molecule has 162 valence electrons. The minimum Gasteiger partial charge on any atom is -0.372 e. The van der Waals surface area contributed by atoms with Gasteiger partial charge in [-0.05, 0) is 68.1 Å². The number of hydrogen-bond donors (Lipinski definition) is 1. The lowest BCUT2D eigenvalue weighted by Gasteiger charge is -2.29. The number of anilines is 2. The molecule has 0 radical (unpaired) electrons. The fraction of sp³-hybridized carbons (Fsp3) is 0.409. The first kappa shape index (κ1) is 22.1. The Hall–Kier alpha value is -2.61. The van der Waals surface area contributed by atoms with Gasteiger partial charge >= 0.3 is 0 Å². The van der Waals surface area contributed by atoms with Gasteiger partial charge in [0.25, 0.3) is 0 Å². The van der Waals surface area contributed by atoms with Crippen molar-refractivity contribution >= 4 is 27.3 Å². The van der Waals surface area contributed by atoms with Crippen LogP contribution < -0.4 is 14.5 Å². The number of nitrogens with one attached hydrogen (secondary N) is 1. The van der Waals surface area contributed by atoms with E-state index in [0.29, 0.717) is 6.54 Å². The minimum absolute atomic E-state index is 0.243. The van der Waals surface area contributed by atoms with E-state index in [0.717, 1.165) is 29.2 Å². The largest absolute Gasteiger partial charge is 0.372 e. The molecule has 3 rings (SSSR count). The Morgan fingerprint density at radius 1 is 1.07 bits per heavy atom. The van der Waals surface area contributed by atoms with Crippen LogP contribution in [-0.4, -0.2) is 39.7 Å². The number of carbonyl (C=O) groups excluding carboxylic acids is 1. The molecule has 1 fully saturated rings. The molecule has 0 bridgehead atoms. The summed E-state index contributed by atoms with van der Waals surface area (Å²) in [4.78, 5) is 15.0. The van der Waals surface area contributed by atoms with E-state index in [9.17, 15) is 17.6 Å². The Morgan fingerprint density at radius 3 is 2.23 bits per heavy atom. The molecule has 0 aromatic heterocycles. The third-order valence-corrected chi connectivity index (χ3v) is 6.54. The highest BCUT2D eigenvalue weighted by Gasteiger charge is 2.29. The maximum atomic E-state index is 13.2. The number of sulfonamides is 1. The third-order valence-electron chi connectivity index (χ3n) is 5.29. The fourth-order valence-electron chi connectivity index (χ4n) is 3.71. The lowest BCUT2D eigenvalue weighted by atomic mass is 10.1. The van der Waals surface area contributed by atoms with E-state index in [1.807, 2.05) is 12.1 Å². The molecule has 1 unspecified atom stereocenters. The molecule has 8 heteroatoms. The van der Waals surface area contributed by atoms with Crippen LogP contribution >= 0.6 is 0 Å². The zero-order valence-corrected chi connectivity index (χ0v) is 18.2. The first-order chi connectivity index (χ1) is 14.3. The quantitative estimate of drug-likeness (QED) is 0.728. The maximum Gasteiger partial charge on any atom is 0.243 e. The van der Waals surface area contributed by atoms with Gasteiger partial charge in [0, 0.05) is 25.3 Å². The van der Waals surface area contributed by atoms with Crippen molar-refractivity contribution in [1.29, 1.82) is 0 Å². The molecular weight excluding hydrogens is 405 g/mol. The summed E-state index contributed by atoms with van der Waals surface area (Å²) in [5, 5.41) is 2.80. The van der Waals surface area contributed by atoms with E-state index in [2.05, 4.69) is 22.3 Å². The Balaban J connectivity index is 1.64. The summed E-state index contributed by atoms with van der Waals surface area (Å²) in [6, 6.07) is 12.1. The molecule has 1 aliphatic heterocycles. The van der Waals surface area contributed by atoms with Crippen molar-refractivity contribution in [1.82, 2.24) is 5.32 Å². The predicted octanol–water partition coefficient (Wildman–Crippen LogP) is 3.29. The van der Waals surface area contributed by atoms with Gasteiger partial charge in [0.05, 0.1) is 11.9 Å². The first-order valence-electron chi connectivity index (χ1n) is 10.1. The van der Waals surface area contributed by atoms with Crippen LogP contribution in [0, 0.1) is 5.82 Å². The summed E-state index contributed by atoms with van der Waals surface area (Å²) in [6.07, 6.45) is 4.72. The maximum absolute atomic E-state index is 13.2. The van der Waals surface area contributed by atoms with Crippen LogP contribution in [0.2, 0.25) is 0 Å². The number of nitrogens with zero attached hydrogens (tertiary/aromatic N) is 2. The summed E-state index contributed by atoms with van der Waals surface area (Å²) in [6.45, 7) is 3.94. The van der Waals surface area contributed by atoms with Crippen LogP contribution in [0.1, 0.15) is 31.7 Å². The predicted molar refractivity (Wildman–Crippen MR) is 118 cm³/mol. The van der Waals surface area contributed by atoms with Gasteiger partial charge in [-0.3, -0.25) is 9.10 Å². The number of piperidine rings is 1. The number of benzene rings is 2. The van der Waals surface area contributed by atoms with Crippen LogP contribution in [-0.2, 0) is 21.4 Å². The Labute approximate surface area is 177 Å². The third kappa shape index (κ3) is 5.50. The Bertz CT molecular complexity index is 956. The highest BCUT2D eigenvalue weighted by molar-refractivity contribution is 7.92. The van der Waals surface area contributed by atoms with Crippen molar-refractivity contribution in [2.24, 2.45) is 0 Å². The van der Waals surface area contributed by atoms with Gasteiger partial charge in [-0.2, -0.15) is 0 Å². The minimum atomic E-state index is -3.73. The zero-order chi connectivity index (χ0) is 21.7. The molecule has 1 amide bonds. The highest BCUT2D eigenvalue weighted by Crippen LogP contribution is 2.22.